The fourth-order valence-corrected chi connectivity index (χ4v) is 2.93. The molecule has 3 rings (SSSR count). The highest BCUT2D eigenvalue weighted by Crippen LogP contribution is 2.35. The van der Waals surface area contributed by atoms with Gasteiger partial charge in [0.15, 0.2) is 5.01 Å². The van der Waals surface area contributed by atoms with Gasteiger partial charge in [0, 0.05) is 18.2 Å². The summed E-state index contributed by atoms with van der Waals surface area (Å²) >= 11 is 1.45. The Labute approximate surface area is 109 Å². The number of fused-ring (bicyclic) bond motifs is 3. The Morgan fingerprint density at radius 1 is 1.44 bits per heavy atom. The molecule has 90 valence electrons. The number of hydrogen-bond donors (Lipinski definition) is 0. The lowest BCUT2D eigenvalue weighted by atomic mass is 10.1. The topological polar surface area (TPSA) is 52.3 Å². The lowest BCUT2D eigenvalue weighted by Gasteiger charge is -2.28. The predicted molar refractivity (Wildman–Crippen MR) is 73.2 cm³/mol. The third kappa shape index (κ3) is 1.66. The molecule has 4 nitrogen and oxygen atoms in total. The minimum absolute atomic E-state index is 0.417. The van der Waals surface area contributed by atoms with Crippen molar-refractivity contribution in [1.82, 2.24) is 9.88 Å². The number of nitrogens with zero attached hydrogens (tertiary/aromatic N) is 4. The first kappa shape index (κ1) is 11.2. The molecule has 0 radical (unpaired) electrons. The maximum atomic E-state index is 8.94. The van der Waals surface area contributed by atoms with Crippen LogP contribution in [0.4, 0.5) is 5.69 Å². The van der Waals surface area contributed by atoms with Crippen LogP contribution in [0, 0.1) is 11.3 Å². The van der Waals surface area contributed by atoms with Crippen molar-refractivity contribution in [3.8, 4) is 6.07 Å². The Morgan fingerprint density at radius 2 is 2.28 bits per heavy atom. The van der Waals surface area contributed by atoms with Crippen LogP contribution in [0.2, 0.25) is 0 Å². The summed E-state index contributed by atoms with van der Waals surface area (Å²) in [6, 6.07) is 6.45. The van der Waals surface area contributed by atoms with E-state index in [1.165, 1.54) is 16.9 Å². The Kier molecular flexibility index (Phi) is 2.53. The number of thiazole rings is 1. The number of rotatable bonds is 1. The highest BCUT2D eigenvalue weighted by Gasteiger charge is 2.18. The SMILES string of the molecule is CC(C)N1C=Nc2ccc3nc(C#N)sc3c2C1. The van der Waals surface area contributed by atoms with E-state index in [1.54, 1.807) is 0 Å². The summed E-state index contributed by atoms with van der Waals surface area (Å²) < 4.78 is 1.09. The molecular weight excluding hydrogens is 244 g/mol. The van der Waals surface area contributed by atoms with Crippen molar-refractivity contribution >= 4 is 33.6 Å². The van der Waals surface area contributed by atoms with Crippen molar-refractivity contribution in [2.24, 2.45) is 4.99 Å². The van der Waals surface area contributed by atoms with E-state index in [9.17, 15) is 0 Å². The van der Waals surface area contributed by atoms with Gasteiger partial charge in [-0.1, -0.05) is 0 Å². The van der Waals surface area contributed by atoms with E-state index in [4.69, 9.17) is 5.26 Å². The van der Waals surface area contributed by atoms with Crippen LogP contribution in [-0.4, -0.2) is 22.3 Å². The zero-order chi connectivity index (χ0) is 12.7. The molecule has 0 saturated carbocycles. The predicted octanol–water partition coefficient (Wildman–Crippen LogP) is 3.05. The second-order valence-corrected chi connectivity index (χ2v) is 5.55. The maximum absolute atomic E-state index is 8.94. The fourth-order valence-electron chi connectivity index (χ4n) is 2.03. The number of aromatic nitrogens is 1. The second kappa shape index (κ2) is 4.07. The molecule has 0 saturated heterocycles. The van der Waals surface area contributed by atoms with Crippen LogP contribution >= 0.6 is 11.3 Å². The zero-order valence-electron chi connectivity index (χ0n) is 10.2. The van der Waals surface area contributed by atoms with Gasteiger partial charge in [-0.3, -0.25) is 0 Å². The van der Waals surface area contributed by atoms with Gasteiger partial charge in [0.1, 0.15) is 6.07 Å². The first-order chi connectivity index (χ1) is 8.69. The summed E-state index contributed by atoms with van der Waals surface area (Å²) in [4.78, 5) is 11.0. The first-order valence-electron chi connectivity index (χ1n) is 5.81. The van der Waals surface area contributed by atoms with Gasteiger partial charge in [-0.05, 0) is 26.0 Å². The number of nitriles is 1. The molecule has 1 aliphatic heterocycles. The molecule has 1 aliphatic rings. The molecule has 0 spiro atoms. The summed E-state index contributed by atoms with van der Waals surface area (Å²) in [5.41, 5.74) is 3.08. The van der Waals surface area contributed by atoms with Gasteiger partial charge in [-0.15, -0.1) is 11.3 Å². The number of aliphatic imine (C=N–C) groups is 1. The van der Waals surface area contributed by atoms with E-state index in [0.29, 0.717) is 11.0 Å². The molecule has 0 atom stereocenters. The molecule has 1 aromatic carbocycles. The van der Waals surface area contributed by atoms with Crippen molar-refractivity contribution < 1.29 is 0 Å². The third-order valence-electron chi connectivity index (χ3n) is 3.08. The van der Waals surface area contributed by atoms with Crippen molar-refractivity contribution in [3.05, 3.63) is 22.7 Å². The van der Waals surface area contributed by atoms with E-state index in [2.05, 4.69) is 34.8 Å². The Balaban J connectivity index is 2.17. The van der Waals surface area contributed by atoms with E-state index in [-0.39, 0.29) is 0 Å². The van der Waals surface area contributed by atoms with Crippen LogP contribution in [0.5, 0.6) is 0 Å². The average Bonchev–Trinajstić information content (AvgIpc) is 2.81. The van der Waals surface area contributed by atoms with Crippen LogP contribution in [0.1, 0.15) is 24.4 Å². The van der Waals surface area contributed by atoms with Gasteiger partial charge in [-0.2, -0.15) is 5.26 Å². The van der Waals surface area contributed by atoms with E-state index in [1.807, 2.05) is 18.5 Å². The van der Waals surface area contributed by atoms with Crippen LogP contribution in [0.25, 0.3) is 10.2 Å². The van der Waals surface area contributed by atoms with Crippen molar-refractivity contribution in [1.29, 1.82) is 5.26 Å². The van der Waals surface area contributed by atoms with Crippen molar-refractivity contribution in [2.75, 3.05) is 0 Å². The molecule has 18 heavy (non-hydrogen) atoms. The van der Waals surface area contributed by atoms with Crippen LogP contribution in [0.15, 0.2) is 17.1 Å². The quantitative estimate of drug-likeness (QED) is 0.788. The molecule has 1 aromatic heterocycles. The van der Waals surface area contributed by atoms with Gasteiger partial charge < -0.3 is 4.90 Å². The van der Waals surface area contributed by atoms with Crippen LogP contribution in [0.3, 0.4) is 0 Å². The Bertz CT molecular complexity index is 678. The average molecular weight is 256 g/mol. The van der Waals surface area contributed by atoms with E-state index < -0.39 is 0 Å². The molecule has 0 unspecified atom stereocenters. The fraction of sp³-hybridized carbons (Fsp3) is 0.308. The van der Waals surface area contributed by atoms with E-state index >= 15 is 0 Å². The smallest absolute Gasteiger partial charge is 0.195 e. The van der Waals surface area contributed by atoms with Gasteiger partial charge in [0.2, 0.25) is 0 Å². The Hall–Kier alpha value is -1.93. The highest BCUT2D eigenvalue weighted by atomic mass is 32.1. The summed E-state index contributed by atoms with van der Waals surface area (Å²) in [6.45, 7) is 5.12. The molecule has 0 aliphatic carbocycles. The van der Waals surface area contributed by atoms with Crippen molar-refractivity contribution in [2.45, 2.75) is 26.4 Å². The van der Waals surface area contributed by atoms with Crippen LogP contribution < -0.4 is 0 Å². The molecular formula is C13H12N4S. The standard InChI is InChI=1S/C13H12N4S/c1-8(2)17-6-9-10(15-7-17)3-4-11-13(9)18-12(5-14)16-11/h3-4,7-8H,6H2,1-2H3. The summed E-state index contributed by atoms with van der Waals surface area (Å²) in [5.74, 6) is 0. The van der Waals surface area contributed by atoms with Crippen LogP contribution in [-0.2, 0) is 6.54 Å². The van der Waals surface area contributed by atoms with Gasteiger partial charge in [-0.25, -0.2) is 9.98 Å². The molecule has 0 bridgehead atoms. The minimum Gasteiger partial charge on any atom is -0.356 e. The van der Waals surface area contributed by atoms with Gasteiger partial charge in [0.25, 0.3) is 0 Å². The Morgan fingerprint density at radius 3 is 3.00 bits per heavy atom. The normalized spacial score (nSPS) is 14.0. The minimum atomic E-state index is 0.417. The molecule has 0 N–H and O–H groups in total. The van der Waals surface area contributed by atoms with Crippen molar-refractivity contribution in [3.63, 3.8) is 0 Å². The molecule has 2 aromatic rings. The zero-order valence-corrected chi connectivity index (χ0v) is 11.0. The molecule has 5 heteroatoms. The maximum Gasteiger partial charge on any atom is 0.195 e. The number of hydrogen-bond acceptors (Lipinski definition) is 5. The van der Waals surface area contributed by atoms with E-state index in [0.717, 1.165) is 22.4 Å². The summed E-state index contributed by atoms with van der Waals surface area (Å²) in [7, 11) is 0. The summed E-state index contributed by atoms with van der Waals surface area (Å²) in [5, 5.41) is 9.46. The first-order valence-corrected chi connectivity index (χ1v) is 6.63. The largest absolute Gasteiger partial charge is 0.356 e. The number of benzene rings is 1. The molecule has 0 fully saturated rings. The lowest BCUT2D eigenvalue weighted by molar-refractivity contribution is 0.351. The van der Waals surface area contributed by atoms with Gasteiger partial charge >= 0.3 is 0 Å². The monoisotopic (exact) mass is 256 g/mol. The second-order valence-electron chi connectivity index (χ2n) is 4.55. The summed E-state index contributed by atoms with van der Waals surface area (Å²) in [6.07, 6.45) is 1.89. The van der Waals surface area contributed by atoms with Gasteiger partial charge in [0.05, 0.1) is 22.2 Å². The molecule has 2 heterocycles. The molecule has 0 amide bonds. The highest BCUT2D eigenvalue weighted by molar-refractivity contribution is 7.19. The third-order valence-corrected chi connectivity index (χ3v) is 4.12. The lowest BCUT2D eigenvalue weighted by Crippen LogP contribution is -2.30.